The number of unbranched alkanes of at least 4 members (excludes halogenated alkanes) is 39. The second-order valence-corrected chi connectivity index (χ2v) is 25.0. The van der Waals surface area contributed by atoms with Gasteiger partial charge in [-0.1, -0.05) is 287 Å². The zero-order chi connectivity index (χ0) is 61.6. The topological polar surface area (TPSA) is 228 Å². The van der Waals surface area contributed by atoms with E-state index in [-0.39, 0.29) is 18.9 Å². The Balaban J connectivity index is 1.68. The maximum Gasteiger partial charge on any atom is 0.220 e. The van der Waals surface area contributed by atoms with Crippen LogP contribution in [-0.4, -0.2) is 140 Å². The van der Waals surface area contributed by atoms with Crippen molar-refractivity contribution in [2.24, 2.45) is 0 Å². The number of ether oxygens (including phenoxy) is 4. The molecule has 14 nitrogen and oxygen atoms in total. The van der Waals surface area contributed by atoms with Crippen molar-refractivity contribution >= 4 is 5.91 Å². The minimum absolute atomic E-state index is 0.237. The standard InChI is InChI=1S/C71H131NO13/c1-3-5-7-9-11-13-15-17-19-21-23-25-27-28-29-30-31-32-33-35-37-39-41-43-45-47-49-51-53-55-63(76)72-59(58-82-70-68(81)66(79)69(62(57-74)84-70)85-71-67(80)65(78)64(77)61(56-73)83-71)60(75)54-52-50-48-46-44-42-40-38-36-34-26-24-22-20-18-16-14-12-10-8-6-4-2/h15,17,21,23,27-28,52,54,59-62,64-71,73-75,77-81H,3-14,16,18-20,22,24-26,29-51,53,55-58H2,1-2H3,(H,72,76)/b17-15-,23-21-,28-27-,54-52+. The summed E-state index contributed by atoms with van der Waals surface area (Å²) in [6.45, 7) is 2.83. The molecule has 0 aromatic rings. The van der Waals surface area contributed by atoms with E-state index in [9.17, 15) is 45.6 Å². The van der Waals surface area contributed by atoms with Crippen LogP contribution in [0.4, 0.5) is 0 Å². The van der Waals surface area contributed by atoms with E-state index in [0.717, 1.165) is 51.4 Å². The number of amides is 1. The molecule has 498 valence electrons. The molecule has 0 aromatic carbocycles. The molecule has 0 bridgehead atoms. The lowest BCUT2D eigenvalue weighted by molar-refractivity contribution is -0.359. The summed E-state index contributed by atoms with van der Waals surface area (Å²) in [4.78, 5) is 13.3. The van der Waals surface area contributed by atoms with Crippen LogP contribution in [0.3, 0.4) is 0 Å². The van der Waals surface area contributed by atoms with E-state index in [1.54, 1.807) is 6.08 Å². The minimum atomic E-state index is -1.79. The quantitative estimate of drug-likeness (QED) is 0.0204. The van der Waals surface area contributed by atoms with Crippen LogP contribution >= 0.6 is 0 Å². The maximum absolute atomic E-state index is 13.3. The van der Waals surface area contributed by atoms with Gasteiger partial charge in [0.1, 0.15) is 48.8 Å². The molecule has 14 heteroatoms. The third kappa shape index (κ3) is 40.3. The average molecular weight is 1210 g/mol. The fraction of sp³-hybridized carbons (Fsp3) is 0.873. The molecule has 2 fully saturated rings. The molecular weight excluding hydrogens is 1070 g/mol. The molecule has 85 heavy (non-hydrogen) atoms. The number of hydrogen-bond donors (Lipinski definition) is 9. The van der Waals surface area contributed by atoms with Crippen LogP contribution in [0.15, 0.2) is 48.6 Å². The molecule has 2 saturated heterocycles. The first kappa shape index (κ1) is 79.0. The number of carbonyl (C=O) groups excluding carboxylic acids is 1. The molecule has 9 N–H and O–H groups in total. The summed E-state index contributed by atoms with van der Waals surface area (Å²) in [6, 6.07) is -0.917. The first-order valence-corrected chi connectivity index (χ1v) is 35.4. The molecule has 1 amide bonds. The second kappa shape index (κ2) is 56.0. The zero-order valence-electron chi connectivity index (χ0n) is 54.1. The van der Waals surface area contributed by atoms with Crippen LogP contribution in [0.1, 0.15) is 303 Å². The molecule has 12 unspecified atom stereocenters. The summed E-state index contributed by atoms with van der Waals surface area (Å²) in [7, 11) is 0. The highest BCUT2D eigenvalue weighted by Crippen LogP contribution is 2.30. The summed E-state index contributed by atoms with van der Waals surface area (Å²) < 4.78 is 22.9. The SMILES string of the molecule is CCCCCCC/C=C\C/C=C\C/C=C\CCCCCCCCCCCCCCCCC(=O)NC(COC1OC(CO)C(OC2OC(CO)C(O)C(O)C2O)C(O)C1O)C(O)/C=C/CCCCCCCCCCCCCCCCCCCCCC. The van der Waals surface area contributed by atoms with Crippen molar-refractivity contribution in [3.8, 4) is 0 Å². The molecule has 0 aromatic heterocycles. The van der Waals surface area contributed by atoms with E-state index < -0.39 is 86.8 Å². The van der Waals surface area contributed by atoms with Gasteiger partial charge in [-0.25, -0.2) is 0 Å². The van der Waals surface area contributed by atoms with Crippen LogP contribution in [0.2, 0.25) is 0 Å². The Kier molecular flexibility index (Phi) is 52.1. The Morgan fingerprint density at radius 2 is 0.776 bits per heavy atom. The van der Waals surface area contributed by atoms with E-state index in [1.165, 1.54) is 225 Å². The third-order valence-electron chi connectivity index (χ3n) is 17.3. The van der Waals surface area contributed by atoms with Crippen molar-refractivity contribution < 1.29 is 64.6 Å². The monoisotopic (exact) mass is 1210 g/mol. The highest BCUT2D eigenvalue weighted by molar-refractivity contribution is 5.76. The van der Waals surface area contributed by atoms with Gasteiger partial charge in [0.25, 0.3) is 0 Å². The first-order valence-electron chi connectivity index (χ1n) is 35.4. The molecule has 0 radical (unpaired) electrons. The lowest BCUT2D eigenvalue weighted by Gasteiger charge is -2.46. The molecule has 2 aliphatic heterocycles. The third-order valence-corrected chi connectivity index (χ3v) is 17.3. The van der Waals surface area contributed by atoms with Gasteiger partial charge in [0, 0.05) is 6.42 Å². The van der Waals surface area contributed by atoms with Gasteiger partial charge < -0.3 is 65.1 Å². The smallest absolute Gasteiger partial charge is 0.220 e. The maximum atomic E-state index is 13.3. The second-order valence-electron chi connectivity index (χ2n) is 25.0. The van der Waals surface area contributed by atoms with Crippen LogP contribution in [0, 0.1) is 0 Å². The van der Waals surface area contributed by atoms with E-state index in [1.807, 2.05) is 6.08 Å². The van der Waals surface area contributed by atoms with E-state index in [0.29, 0.717) is 6.42 Å². The normalized spacial score (nSPS) is 23.8. The number of allylic oxidation sites excluding steroid dienone is 7. The summed E-state index contributed by atoms with van der Waals surface area (Å²) in [5, 5.41) is 87.4. The van der Waals surface area contributed by atoms with Crippen molar-refractivity contribution in [1.82, 2.24) is 5.32 Å². The Labute approximate surface area is 518 Å². The van der Waals surface area contributed by atoms with Crippen molar-refractivity contribution in [3.05, 3.63) is 48.6 Å². The lowest BCUT2D eigenvalue weighted by atomic mass is 9.97. The summed E-state index contributed by atoms with van der Waals surface area (Å²) in [6.07, 6.45) is 55.8. The number of rotatable bonds is 58. The molecule has 2 heterocycles. The molecule has 0 spiro atoms. The van der Waals surface area contributed by atoms with Crippen molar-refractivity contribution in [3.63, 3.8) is 0 Å². The molecule has 2 aliphatic rings. The predicted octanol–water partition coefficient (Wildman–Crippen LogP) is 14.3. The van der Waals surface area contributed by atoms with Crippen molar-refractivity contribution in [2.75, 3.05) is 19.8 Å². The van der Waals surface area contributed by atoms with Gasteiger partial charge in [-0.2, -0.15) is 0 Å². The van der Waals surface area contributed by atoms with E-state index in [2.05, 4.69) is 55.6 Å². The van der Waals surface area contributed by atoms with Gasteiger partial charge in [0.05, 0.1) is 32.0 Å². The van der Waals surface area contributed by atoms with Crippen molar-refractivity contribution in [1.29, 1.82) is 0 Å². The Morgan fingerprint density at radius 3 is 1.19 bits per heavy atom. The Morgan fingerprint density at radius 1 is 0.424 bits per heavy atom. The van der Waals surface area contributed by atoms with Gasteiger partial charge >= 0.3 is 0 Å². The van der Waals surface area contributed by atoms with Crippen LogP contribution in [0.5, 0.6) is 0 Å². The lowest BCUT2D eigenvalue weighted by Crippen LogP contribution is -2.65. The van der Waals surface area contributed by atoms with Crippen LogP contribution in [0.25, 0.3) is 0 Å². The zero-order valence-corrected chi connectivity index (χ0v) is 54.1. The fourth-order valence-corrected chi connectivity index (χ4v) is 11.6. The van der Waals surface area contributed by atoms with Crippen LogP contribution < -0.4 is 5.32 Å². The summed E-state index contributed by atoms with van der Waals surface area (Å²) in [5.41, 5.74) is 0. The number of aliphatic hydroxyl groups is 8. The predicted molar refractivity (Wildman–Crippen MR) is 346 cm³/mol. The molecular formula is C71H131NO13. The van der Waals surface area contributed by atoms with Crippen molar-refractivity contribution in [2.45, 2.75) is 376 Å². The van der Waals surface area contributed by atoms with Crippen LogP contribution in [-0.2, 0) is 23.7 Å². The van der Waals surface area contributed by atoms with Gasteiger partial charge in [-0.15, -0.1) is 0 Å². The largest absolute Gasteiger partial charge is 0.394 e. The number of aliphatic hydroxyl groups excluding tert-OH is 8. The average Bonchev–Trinajstić information content (AvgIpc) is 3.69. The fourth-order valence-electron chi connectivity index (χ4n) is 11.6. The Bertz CT molecular complexity index is 1610. The van der Waals surface area contributed by atoms with Gasteiger partial charge in [-0.3, -0.25) is 4.79 Å². The molecule has 0 saturated carbocycles. The summed E-state index contributed by atoms with van der Waals surface area (Å²) in [5.74, 6) is -0.237. The molecule has 0 aliphatic carbocycles. The van der Waals surface area contributed by atoms with Gasteiger partial charge in [-0.05, 0) is 57.8 Å². The van der Waals surface area contributed by atoms with Gasteiger partial charge in [0.15, 0.2) is 12.6 Å². The number of nitrogens with one attached hydrogen (secondary N) is 1. The highest BCUT2D eigenvalue weighted by Gasteiger charge is 2.51. The van der Waals surface area contributed by atoms with Gasteiger partial charge in [0.2, 0.25) is 5.91 Å². The minimum Gasteiger partial charge on any atom is -0.394 e. The van der Waals surface area contributed by atoms with E-state index in [4.69, 9.17) is 18.9 Å². The van der Waals surface area contributed by atoms with E-state index >= 15 is 0 Å². The summed E-state index contributed by atoms with van der Waals surface area (Å²) >= 11 is 0. The Hall–Kier alpha value is -2.05. The molecule has 2 rings (SSSR count). The molecule has 12 atom stereocenters. The number of carbonyl (C=O) groups is 1. The first-order chi connectivity index (χ1) is 41.6. The number of hydrogen-bond acceptors (Lipinski definition) is 13. The highest BCUT2D eigenvalue weighted by atomic mass is 16.7.